The summed E-state index contributed by atoms with van der Waals surface area (Å²) in [6, 6.07) is 60.6. The largest absolute Gasteiger partial charge is 0.228 e. The van der Waals surface area contributed by atoms with Gasteiger partial charge in [-0.05, 0) is 61.3 Å². The van der Waals surface area contributed by atoms with E-state index in [1.807, 2.05) is 78.9 Å². The molecule has 0 radical (unpaired) electrons. The molecule has 0 aliphatic rings. The van der Waals surface area contributed by atoms with Gasteiger partial charge in [-0.25, -0.2) is 24.9 Å². The fourth-order valence-electron chi connectivity index (χ4n) is 7.16. The van der Waals surface area contributed by atoms with Crippen LogP contribution >= 0.6 is 0 Å². The molecule has 5 heteroatoms. The quantitative estimate of drug-likeness (QED) is 0.171. The predicted octanol–water partition coefficient (Wildman–Crippen LogP) is 11.6. The van der Waals surface area contributed by atoms with Crippen LogP contribution in [0.1, 0.15) is 0 Å². The van der Waals surface area contributed by atoms with Crippen molar-refractivity contribution in [2.75, 3.05) is 0 Å². The smallest absolute Gasteiger partial charge is 0.182 e. The summed E-state index contributed by atoms with van der Waals surface area (Å²) < 4.78 is 0. The molecule has 0 aliphatic carbocycles. The van der Waals surface area contributed by atoms with E-state index in [0.717, 1.165) is 38.7 Å². The highest BCUT2D eigenvalue weighted by Crippen LogP contribution is 2.38. The minimum atomic E-state index is 0.482. The lowest BCUT2D eigenvalue weighted by molar-refractivity contribution is 1.05. The highest BCUT2D eigenvalue weighted by atomic mass is 15.1. The molecule has 52 heavy (non-hydrogen) atoms. The lowest BCUT2D eigenvalue weighted by atomic mass is 9.93. The fourth-order valence-corrected chi connectivity index (χ4v) is 7.16. The highest BCUT2D eigenvalue weighted by molar-refractivity contribution is 6.25. The van der Waals surface area contributed by atoms with Crippen LogP contribution in [0.5, 0.6) is 0 Å². The molecule has 0 amide bonds. The minimum Gasteiger partial charge on any atom is -0.228 e. The Balaban J connectivity index is 1.21. The summed E-state index contributed by atoms with van der Waals surface area (Å²) in [5.41, 5.74) is 5.12. The first-order valence-corrected chi connectivity index (χ1v) is 17.3. The van der Waals surface area contributed by atoms with Gasteiger partial charge in [-0.3, -0.25) is 0 Å². The maximum Gasteiger partial charge on any atom is 0.182 e. The molecule has 2 aromatic heterocycles. The molecular weight excluding hydrogens is 635 g/mol. The Morgan fingerprint density at radius 1 is 0.231 bits per heavy atom. The van der Waals surface area contributed by atoms with E-state index < -0.39 is 0 Å². The van der Waals surface area contributed by atoms with Crippen molar-refractivity contribution in [1.29, 1.82) is 0 Å². The standard InChI is InChI=1S/C47H29N5/c1-3-14-31(15-4-1)44-48-42(34-25-26-40-38-21-10-9-19-36(38)37-20-11-12-22-39(37)41(40)28-34)29-43(49-44)47-51-45(32-16-5-2-6-17-32)50-46(52-47)35-24-23-30-13-7-8-18-33(30)27-35/h1-29H. The molecule has 242 valence electrons. The Kier molecular flexibility index (Phi) is 7.07. The third-order valence-electron chi connectivity index (χ3n) is 9.70. The molecule has 0 N–H and O–H groups in total. The second-order valence-corrected chi connectivity index (χ2v) is 12.9. The monoisotopic (exact) mass is 663 g/mol. The predicted molar refractivity (Wildman–Crippen MR) is 213 cm³/mol. The van der Waals surface area contributed by atoms with Gasteiger partial charge in [0.1, 0.15) is 5.69 Å². The molecule has 5 nitrogen and oxygen atoms in total. The molecule has 0 spiro atoms. The van der Waals surface area contributed by atoms with Crippen LogP contribution in [0, 0.1) is 0 Å². The van der Waals surface area contributed by atoms with Gasteiger partial charge >= 0.3 is 0 Å². The number of hydrogen-bond donors (Lipinski definition) is 0. The molecule has 0 saturated heterocycles. The van der Waals surface area contributed by atoms with Crippen LogP contribution in [-0.2, 0) is 0 Å². The first-order chi connectivity index (χ1) is 25.7. The summed E-state index contributed by atoms with van der Waals surface area (Å²) >= 11 is 0. The van der Waals surface area contributed by atoms with Crippen molar-refractivity contribution in [3.63, 3.8) is 0 Å². The van der Waals surface area contributed by atoms with Crippen molar-refractivity contribution in [2.45, 2.75) is 0 Å². The number of aromatic nitrogens is 5. The van der Waals surface area contributed by atoms with E-state index in [1.54, 1.807) is 0 Å². The third-order valence-corrected chi connectivity index (χ3v) is 9.70. The zero-order chi connectivity index (χ0) is 34.4. The van der Waals surface area contributed by atoms with Gasteiger partial charge in [0.05, 0.1) is 5.69 Å². The fraction of sp³-hybridized carbons (Fsp3) is 0. The summed E-state index contributed by atoms with van der Waals surface area (Å²) in [5.74, 6) is 2.25. The number of nitrogens with zero attached hydrogens (tertiary/aromatic N) is 5. The summed E-state index contributed by atoms with van der Waals surface area (Å²) in [5, 5.41) is 9.59. The van der Waals surface area contributed by atoms with E-state index >= 15 is 0 Å². The second kappa shape index (κ2) is 12.3. The van der Waals surface area contributed by atoms with Crippen molar-refractivity contribution in [3.05, 3.63) is 176 Å². The van der Waals surface area contributed by atoms with Crippen LogP contribution in [0.2, 0.25) is 0 Å². The van der Waals surface area contributed by atoms with Gasteiger partial charge in [0.2, 0.25) is 0 Å². The molecule has 0 aliphatic heterocycles. The Morgan fingerprint density at radius 2 is 0.692 bits per heavy atom. The van der Waals surface area contributed by atoms with Crippen molar-refractivity contribution in [3.8, 4) is 56.9 Å². The summed E-state index contributed by atoms with van der Waals surface area (Å²) in [7, 11) is 0. The van der Waals surface area contributed by atoms with Gasteiger partial charge in [0, 0.05) is 22.3 Å². The Bertz CT molecular complexity index is 2920. The van der Waals surface area contributed by atoms with Gasteiger partial charge < -0.3 is 0 Å². The van der Waals surface area contributed by atoms with Crippen LogP contribution in [0.3, 0.4) is 0 Å². The molecule has 0 atom stereocenters. The molecule has 0 bridgehead atoms. The Morgan fingerprint density at radius 3 is 1.35 bits per heavy atom. The first kappa shape index (κ1) is 29.8. The van der Waals surface area contributed by atoms with E-state index in [4.69, 9.17) is 24.9 Å². The Labute approximate surface area is 300 Å². The molecule has 0 fully saturated rings. The normalized spacial score (nSPS) is 11.5. The van der Waals surface area contributed by atoms with Crippen molar-refractivity contribution in [1.82, 2.24) is 24.9 Å². The van der Waals surface area contributed by atoms with E-state index in [9.17, 15) is 0 Å². The number of fused-ring (bicyclic) bond motifs is 7. The lowest BCUT2D eigenvalue weighted by Gasteiger charge is -2.13. The van der Waals surface area contributed by atoms with E-state index in [1.165, 1.54) is 32.3 Å². The molecule has 10 aromatic rings. The van der Waals surface area contributed by atoms with Gasteiger partial charge in [-0.2, -0.15) is 0 Å². The highest BCUT2D eigenvalue weighted by Gasteiger charge is 2.18. The summed E-state index contributed by atoms with van der Waals surface area (Å²) in [6.45, 7) is 0. The number of rotatable bonds is 5. The average Bonchev–Trinajstić information content (AvgIpc) is 3.23. The van der Waals surface area contributed by atoms with Crippen LogP contribution in [0.15, 0.2) is 176 Å². The summed E-state index contributed by atoms with van der Waals surface area (Å²) in [4.78, 5) is 25.4. The minimum absolute atomic E-state index is 0.482. The van der Waals surface area contributed by atoms with Crippen LogP contribution < -0.4 is 0 Å². The first-order valence-electron chi connectivity index (χ1n) is 17.3. The molecule has 8 aromatic carbocycles. The molecule has 10 rings (SSSR count). The van der Waals surface area contributed by atoms with Crippen molar-refractivity contribution < 1.29 is 0 Å². The number of benzene rings is 8. The maximum absolute atomic E-state index is 5.16. The van der Waals surface area contributed by atoms with E-state index in [-0.39, 0.29) is 0 Å². The molecule has 2 heterocycles. The van der Waals surface area contributed by atoms with E-state index in [0.29, 0.717) is 29.0 Å². The van der Waals surface area contributed by atoms with Gasteiger partial charge in [-0.15, -0.1) is 0 Å². The maximum atomic E-state index is 5.16. The van der Waals surface area contributed by atoms with Gasteiger partial charge in [-0.1, -0.05) is 158 Å². The molecule has 0 unspecified atom stereocenters. The second-order valence-electron chi connectivity index (χ2n) is 12.9. The lowest BCUT2D eigenvalue weighted by Crippen LogP contribution is -2.03. The van der Waals surface area contributed by atoms with Crippen LogP contribution in [-0.4, -0.2) is 24.9 Å². The van der Waals surface area contributed by atoms with Crippen LogP contribution in [0.25, 0.3) is 100 Å². The SMILES string of the molecule is c1ccc(-c2nc(-c3ccc4c5ccccc5c5ccccc5c4c3)cc(-c3nc(-c4ccccc4)nc(-c4ccc5ccccc5c4)n3)n2)cc1. The van der Waals surface area contributed by atoms with Crippen molar-refractivity contribution in [2.24, 2.45) is 0 Å². The summed E-state index contributed by atoms with van der Waals surface area (Å²) in [6.07, 6.45) is 0. The zero-order valence-corrected chi connectivity index (χ0v) is 28.0. The molecular formula is C47H29N5. The van der Waals surface area contributed by atoms with E-state index in [2.05, 4.69) is 97.1 Å². The van der Waals surface area contributed by atoms with Gasteiger partial charge in [0.25, 0.3) is 0 Å². The topological polar surface area (TPSA) is 64.5 Å². The Hall–Kier alpha value is -7.11. The third kappa shape index (κ3) is 5.24. The van der Waals surface area contributed by atoms with Crippen LogP contribution in [0.4, 0.5) is 0 Å². The van der Waals surface area contributed by atoms with Gasteiger partial charge in [0.15, 0.2) is 23.3 Å². The molecule has 0 saturated carbocycles. The van der Waals surface area contributed by atoms with Crippen molar-refractivity contribution >= 4 is 43.1 Å². The number of hydrogen-bond acceptors (Lipinski definition) is 5. The average molecular weight is 664 g/mol. The zero-order valence-electron chi connectivity index (χ0n) is 28.0.